The Kier molecular flexibility index (Phi) is 8.05. The molecule has 8 heteroatoms. The van der Waals surface area contributed by atoms with Gasteiger partial charge in [0.05, 0.1) is 4.90 Å². The zero-order chi connectivity index (χ0) is 24.8. The molecule has 0 aliphatic carbocycles. The van der Waals surface area contributed by atoms with Crippen LogP contribution in [0.5, 0.6) is 0 Å². The third kappa shape index (κ3) is 6.20. The van der Waals surface area contributed by atoms with Crippen LogP contribution in [0.3, 0.4) is 0 Å². The lowest BCUT2D eigenvalue weighted by Crippen LogP contribution is -2.47. The van der Waals surface area contributed by atoms with E-state index in [1.165, 1.54) is 5.56 Å². The van der Waals surface area contributed by atoms with Crippen LogP contribution in [0.25, 0.3) is 0 Å². The van der Waals surface area contributed by atoms with Gasteiger partial charge in [-0.05, 0) is 72.9 Å². The molecule has 0 spiro atoms. The van der Waals surface area contributed by atoms with Gasteiger partial charge in [-0.2, -0.15) is 0 Å². The molecule has 1 aromatic heterocycles. The standard InChI is InChI=1S/C27H34N4O3S/c1-3-4-5-22-7-9-23(10-8-22)29-35(33,34)25-11-6-21(2)26(20-25)27(32)31-18-16-30(17-19-31)24-12-14-28-15-13-24/h6-15,20,27,29,32H,3-5,16-19H2,1-2H3. The van der Waals surface area contributed by atoms with Gasteiger partial charge in [0.15, 0.2) is 0 Å². The van der Waals surface area contributed by atoms with Gasteiger partial charge in [-0.15, -0.1) is 0 Å². The Morgan fingerprint density at radius 3 is 2.34 bits per heavy atom. The van der Waals surface area contributed by atoms with Crippen molar-refractivity contribution in [1.29, 1.82) is 0 Å². The lowest BCUT2D eigenvalue weighted by atomic mass is 10.1. The normalized spacial score (nSPS) is 15.7. The summed E-state index contributed by atoms with van der Waals surface area (Å²) in [5, 5.41) is 11.1. The van der Waals surface area contributed by atoms with E-state index in [9.17, 15) is 13.5 Å². The summed E-state index contributed by atoms with van der Waals surface area (Å²) in [4.78, 5) is 8.46. The number of hydrogen-bond acceptors (Lipinski definition) is 6. The van der Waals surface area contributed by atoms with Crippen molar-refractivity contribution < 1.29 is 13.5 Å². The number of aromatic nitrogens is 1. The second-order valence-electron chi connectivity index (χ2n) is 9.03. The Labute approximate surface area is 208 Å². The minimum Gasteiger partial charge on any atom is -0.374 e. The van der Waals surface area contributed by atoms with E-state index in [1.54, 1.807) is 42.7 Å². The van der Waals surface area contributed by atoms with Crippen LogP contribution in [0.4, 0.5) is 11.4 Å². The average molecular weight is 495 g/mol. The minimum atomic E-state index is -3.79. The van der Waals surface area contributed by atoms with Gasteiger partial charge < -0.3 is 10.0 Å². The zero-order valence-electron chi connectivity index (χ0n) is 20.4. The molecule has 2 heterocycles. The van der Waals surface area contributed by atoms with Crippen molar-refractivity contribution in [2.75, 3.05) is 35.8 Å². The van der Waals surface area contributed by atoms with Crippen LogP contribution in [0.2, 0.25) is 0 Å². The third-order valence-electron chi connectivity index (χ3n) is 6.55. The number of aryl methyl sites for hydroxylation is 2. The first-order chi connectivity index (χ1) is 16.9. The monoisotopic (exact) mass is 494 g/mol. The van der Waals surface area contributed by atoms with E-state index >= 15 is 0 Å². The van der Waals surface area contributed by atoms with Gasteiger partial charge in [0.1, 0.15) is 6.23 Å². The second kappa shape index (κ2) is 11.2. The summed E-state index contributed by atoms with van der Waals surface area (Å²) in [5.41, 5.74) is 4.30. The number of benzene rings is 2. The number of rotatable bonds is 9. The molecule has 4 rings (SSSR count). The van der Waals surface area contributed by atoms with Crippen molar-refractivity contribution in [2.45, 2.75) is 44.2 Å². The highest BCUT2D eigenvalue weighted by atomic mass is 32.2. The summed E-state index contributed by atoms with van der Waals surface area (Å²) in [6, 6.07) is 16.4. The Hall–Kier alpha value is -2.94. The zero-order valence-corrected chi connectivity index (χ0v) is 21.2. The number of nitrogens with zero attached hydrogens (tertiary/aromatic N) is 3. The molecule has 1 aliphatic rings. The molecule has 7 nitrogen and oxygen atoms in total. The molecule has 35 heavy (non-hydrogen) atoms. The smallest absolute Gasteiger partial charge is 0.261 e. The Morgan fingerprint density at radius 1 is 1.00 bits per heavy atom. The highest BCUT2D eigenvalue weighted by Crippen LogP contribution is 2.27. The number of sulfonamides is 1. The van der Waals surface area contributed by atoms with E-state index in [0.29, 0.717) is 24.3 Å². The maximum Gasteiger partial charge on any atom is 0.261 e. The fourth-order valence-electron chi connectivity index (χ4n) is 4.37. The number of pyridine rings is 1. The van der Waals surface area contributed by atoms with Crippen molar-refractivity contribution in [2.24, 2.45) is 0 Å². The second-order valence-corrected chi connectivity index (χ2v) is 10.7. The van der Waals surface area contributed by atoms with Crippen LogP contribution in [-0.2, 0) is 16.4 Å². The first kappa shape index (κ1) is 25.2. The quantitative estimate of drug-likeness (QED) is 0.460. The molecular formula is C27H34N4O3S. The first-order valence-corrected chi connectivity index (χ1v) is 13.6. The summed E-state index contributed by atoms with van der Waals surface area (Å²) in [6.45, 7) is 6.93. The number of hydrogen-bond donors (Lipinski definition) is 2. The average Bonchev–Trinajstić information content (AvgIpc) is 2.88. The van der Waals surface area contributed by atoms with Crippen LogP contribution < -0.4 is 9.62 Å². The lowest BCUT2D eigenvalue weighted by molar-refractivity contribution is -0.00220. The van der Waals surface area contributed by atoms with Gasteiger partial charge in [0, 0.05) is 49.9 Å². The molecule has 186 valence electrons. The first-order valence-electron chi connectivity index (χ1n) is 12.2. The number of aliphatic hydroxyl groups is 1. The van der Waals surface area contributed by atoms with Gasteiger partial charge in [-0.25, -0.2) is 8.42 Å². The molecule has 2 N–H and O–H groups in total. The SMILES string of the molecule is CCCCc1ccc(NS(=O)(=O)c2ccc(C)c(C(O)N3CCN(c4ccncc4)CC3)c2)cc1. The fourth-order valence-corrected chi connectivity index (χ4v) is 5.47. The largest absolute Gasteiger partial charge is 0.374 e. The van der Waals surface area contributed by atoms with Gasteiger partial charge >= 0.3 is 0 Å². The highest BCUT2D eigenvalue weighted by Gasteiger charge is 2.26. The summed E-state index contributed by atoms with van der Waals surface area (Å²) in [5.74, 6) is 0. The summed E-state index contributed by atoms with van der Waals surface area (Å²) in [6.07, 6.45) is 5.90. The fraction of sp³-hybridized carbons (Fsp3) is 0.370. The number of piperazine rings is 1. The molecule has 0 radical (unpaired) electrons. The van der Waals surface area contributed by atoms with E-state index in [-0.39, 0.29) is 4.90 Å². The van der Waals surface area contributed by atoms with Gasteiger partial charge in [-0.1, -0.05) is 31.5 Å². The molecule has 1 atom stereocenters. The van der Waals surface area contributed by atoms with Crippen molar-refractivity contribution in [3.05, 3.63) is 83.7 Å². The molecule has 1 saturated heterocycles. The molecule has 3 aromatic rings. The maximum atomic E-state index is 13.1. The van der Waals surface area contributed by atoms with Crippen molar-refractivity contribution >= 4 is 21.4 Å². The molecule has 0 saturated carbocycles. The molecular weight excluding hydrogens is 460 g/mol. The van der Waals surface area contributed by atoms with Gasteiger partial charge in [0.2, 0.25) is 0 Å². The molecule has 1 aliphatic heterocycles. The van der Waals surface area contributed by atoms with Crippen molar-refractivity contribution in [3.63, 3.8) is 0 Å². The van der Waals surface area contributed by atoms with E-state index < -0.39 is 16.3 Å². The van der Waals surface area contributed by atoms with E-state index in [0.717, 1.165) is 43.6 Å². The van der Waals surface area contributed by atoms with Crippen LogP contribution in [0.15, 0.2) is 71.9 Å². The summed E-state index contributed by atoms with van der Waals surface area (Å²) >= 11 is 0. The molecule has 1 fully saturated rings. The molecule has 0 bridgehead atoms. The van der Waals surface area contributed by atoms with E-state index in [4.69, 9.17) is 0 Å². The van der Waals surface area contributed by atoms with Gasteiger partial charge in [-0.3, -0.25) is 14.6 Å². The Bertz CT molecular complexity index is 1210. The molecule has 2 aromatic carbocycles. The van der Waals surface area contributed by atoms with Crippen LogP contribution in [0, 0.1) is 6.92 Å². The maximum absolute atomic E-state index is 13.1. The third-order valence-corrected chi connectivity index (χ3v) is 7.93. The number of nitrogens with one attached hydrogen (secondary N) is 1. The predicted octanol–water partition coefficient (Wildman–Crippen LogP) is 4.35. The van der Waals surface area contributed by atoms with Crippen LogP contribution >= 0.6 is 0 Å². The Balaban J connectivity index is 1.45. The predicted molar refractivity (Wildman–Crippen MR) is 140 cm³/mol. The van der Waals surface area contributed by atoms with Crippen LogP contribution in [-0.4, -0.2) is 49.6 Å². The lowest BCUT2D eigenvalue weighted by Gasteiger charge is -2.38. The number of anilines is 2. The van der Waals surface area contributed by atoms with Crippen molar-refractivity contribution in [1.82, 2.24) is 9.88 Å². The number of aliphatic hydroxyl groups excluding tert-OH is 1. The van der Waals surface area contributed by atoms with Gasteiger partial charge in [0.25, 0.3) is 10.0 Å². The Morgan fingerprint density at radius 2 is 1.69 bits per heavy atom. The molecule has 0 amide bonds. The topological polar surface area (TPSA) is 85.8 Å². The molecule has 1 unspecified atom stereocenters. The number of unbranched alkanes of at least 4 members (excludes halogenated alkanes) is 1. The summed E-state index contributed by atoms with van der Waals surface area (Å²) in [7, 11) is -3.79. The van der Waals surface area contributed by atoms with Crippen LogP contribution in [0.1, 0.15) is 42.7 Å². The van der Waals surface area contributed by atoms with E-state index in [1.807, 2.05) is 36.1 Å². The minimum absolute atomic E-state index is 0.141. The van der Waals surface area contributed by atoms with Crippen molar-refractivity contribution in [3.8, 4) is 0 Å². The highest BCUT2D eigenvalue weighted by molar-refractivity contribution is 7.92. The summed E-state index contributed by atoms with van der Waals surface area (Å²) < 4.78 is 28.9. The van der Waals surface area contributed by atoms with E-state index in [2.05, 4.69) is 21.5 Å².